The number of imidazole rings is 1. The Morgan fingerprint density at radius 3 is 2.64 bits per heavy atom. The number of benzene rings is 1. The smallest absolute Gasteiger partial charge is 0.159 e. The lowest BCUT2D eigenvalue weighted by atomic mass is 10.1. The highest BCUT2D eigenvalue weighted by atomic mass is 35.5. The van der Waals surface area contributed by atoms with Crippen LogP contribution in [0, 0.1) is 0 Å². The van der Waals surface area contributed by atoms with Gasteiger partial charge in [0.2, 0.25) is 0 Å². The number of likely N-dealkylation sites (tertiary alicyclic amines) is 1. The molecule has 0 aliphatic carbocycles. The van der Waals surface area contributed by atoms with Crippen molar-refractivity contribution in [2.75, 3.05) is 70.2 Å². The first-order valence-electron chi connectivity index (χ1n) is 13.1. The number of fused-ring (bicyclic) bond motifs is 1. The van der Waals surface area contributed by atoms with E-state index in [0.29, 0.717) is 17.1 Å². The first-order valence-corrected chi connectivity index (χ1v) is 13.5. The van der Waals surface area contributed by atoms with Crippen LogP contribution in [0.25, 0.3) is 22.6 Å². The van der Waals surface area contributed by atoms with Crippen LogP contribution in [-0.4, -0.2) is 96.9 Å². The van der Waals surface area contributed by atoms with E-state index in [-0.39, 0.29) is 0 Å². The molecule has 0 radical (unpaired) electrons. The number of H-pyrrole nitrogens is 1. The first kappa shape index (κ1) is 25.3. The lowest BCUT2D eigenvalue weighted by Gasteiger charge is -2.41. The number of hydrogen-bond acceptors (Lipinski definition) is 7. The molecular weight excluding hydrogens is 474 g/mol. The van der Waals surface area contributed by atoms with Crippen molar-refractivity contribution in [3.63, 3.8) is 0 Å². The van der Waals surface area contributed by atoms with E-state index in [2.05, 4.69) is 68.2 Å². The van der Waals surface area contributed by atoms with Gasteiger partial charge in [0, 0.05) is 63.2 Å². The lowest BCUT2D eigenvalue weighted by molar-refractivity contribution is 0.162. The minimum Gasteiger partial charge on any atom is -0.385 e. The summed E-state index contributed by atoms with van der Waals surface area (Å²) in [4.78, 5) is 20.2. The highest BCUT2D eigenvalue weighted by molar-refractivity contribution is 6.34. The van der Waals surface area contributed by atoms with E-state index in [1.165, 1.54) is 5.69 Å². The third kappa shape index (κ3) is 5.62. The van der Waals surface area contributed by atoms with Crippen LogP contribution in [0.15, 0.2) is 30.5 Å². The number of nitrogens with zero attached hydrogens (tertiary/aromatic N) is 5. The molecule has 0 bridgehead atoms. The Balaban J connectivity index is 1.29. The normalized spacial score (nSPS) is 20.3. The van der Waals surface area contributed by atoms with Crippen molar-refractivity contribution in [1.29, 1.82) is 0 Å². The number of methoxy groups -OCH3 is 1. The second-order valence-electron chi connectivity index (χ2n) is 10.2. The van der Waals surface area contributed by atoms with Crippen LogP contribution in [0.5, 0.6) is 0 Å². The predicted octanol–water partition coefficient (Wildman–Crippen LogP) is 4.33. The molecule has 4 heterocycles. The van der Waals surface area contributed by atoms with Crippen molar-refractivity contribution in [2.24, 2.45) is 0 Å². The maximum Gasteiger partial charge on any atom is 0.159 e. The molecule has 0 spiro atoms. The predicted molar refractivity (Wildman–Crippen MR) is 148 cm³/mol. The molecule has 3 aromatic rings. The van der Waals surface area contributed by atoms with Gasteiger partial charge in [-0.1, -0.05) is 11.6 Å². The summed E-state index contributed by atoms with van der Waals surface area (Å²) in [6.45, 7) is 9.61. The fourth-order valence-electron chi connectivity index (χ4n) is 5.42. The molecule has 2 aromatic heterocycles. The summed E-state index contributed by atoms with van der Waals surface area (Å²) in [5, 5.41) is 4.27. The Labute approximate surface area is 219 Å². The fraction of sp³-hybridized carbons (Fsp3) is 0.556. The van der Waals surface area contributed by atoms with Crippen molar-refractivity contribution in [3.8, 4) is 11.4 Å². The standard InChI is InChI=1S/C27H38ClN7O/c1-19-18-34(11-4-16-36-3)14-15-35(19)22-7-5-20(6-8-22)26-31-25-24(23(28)17-29-27(25)32-26)30-21-9-12-33(2)13-10-21/h5-8,17,19,21H,4,9-16,18H2,1-3H3,(H2,29,30,31,32). The number of anilines is 2. The SMILES string of the molecule is COCCCN1CCN(c2ccc(-c3nc4c(NC5CCN(C)CC5)c(Cl)cnc4[nH]3)cc2)C(C)C1. The maximum absolute atomic E-state index is 6.57. The molecule has 2 N–H and O–H groups in total. The van der Waals surface area contributed by atoms with Gasteiger partial charge in [0.25, 0.3) is 0 Å². The number of halogens is 1. The van der Waals surface area contributed by atoms with E-state index in [4.69, 9.17) is 21.3 Å². The Hall–Kier alpha value is -2.39. The van der Waals surface area contributed by atoms with Gasteiger partial charge in [0.05, 0.1) is 16.9 Å². The summed E-state index contributed by atoms with van der Waals surface area (Å²) in [5.74, 6) is 0.814. The molecule has 2 aliphatic heterocycles. The van der Waals surface area contributed by atoms with Gasteiger partial charge in [0.15, 0.2) is 5.65 Å². The second-order valence-corrected chi connectivity index (χ2v) is 10.6. The largest absolute Gasteiger partial charge is 0.385 e. The Morgan fingerprint density at radius 1 is 1.14 bits per heavy atom. The number of rotatable bonds is 8. The molecule has 5 rings (SSSR count). The van der Waals surface area contributed by atoms with Gasteiger partial charge in [-0.05, 0) is 70.6 Å². The molecule has 36 heavy (non-hydrogen) atoms. The maximum atomic E-state index is 6.57. The average Bonchev–Trinajstić information content (AvgIpc) is 3.32. The number of nitrogens with one attached hydrogen (secondary N) is 2. The zero-order valence-corrected chi connectivity index (χ0v) is 22.4. The second kappa shape index (κ2) is 11.3. The third-order valence-corrected chi connectivity index (χ3v) is 7.83. The molecule has 0 amide bonds. The van der Waals surface area contributed by atoms with E-state index in [0.717, 1.165) is 93.4 Å². The molecule has 1 aromatic carbocycles. The summed E-state index contributed by atoms with van der Waals surface area (Å²) in [5.41, 5.74) is 4.74. The average molecular weight is 512 g/mol. The van der Waals surface area contributed by atoms with E-state index in [1.807, 2.05) is 0 Å². The van der Waals surface area contributed by atoms with Gasteiger partial charge in [0.1, 0.15) is 11.3 Å². The van der Waals surface area contributed by atoms with E-state index in [1.54, 1.807) is 13.3 Å². The molecule has 2 saturated heterocycles. The molecular formula is C27H38ClN7O. The molecule has 1 atom stereocenters. The van der Waals surface area contributed by atoms with E-state index >= 15 is 0 Å². The zero-order valence-electron chi connectivity index (χ0n) is 21.6. The van der Waals surface area contributed by atoms with Crippen molar-refractivity contribution >= 4 is 34.1 Å². The molecule has 2 fully saturated rings. The number of aromatic nitrogens is 3. The van der Waals surface area contributed by atoms with Gasteiger partial charge in [-0.15, -0.1) is 0 Å². The van der Waals surface area contributed by atoms with Gasteiger partial charge in [-0.3, -0.25) is 4.90 Å². The molecule has 8 nitrogen and oxygen atoms in total. The Bertz CT molecular complexity index is 1140. The minimum absolute atomic E-state index is 0.395. The topological polar surface area (TPSA) is 72.6 Å². The van der Waals surface area contributed by atoms with Crippen LogP contribution < -0.4 is 10.2 Å². The zero-order chi connectivity index (χ0) is 25.1. The first-order chi connectivity index (χ1) is 17.5. The molecule has 1 unspecified atom stereocenters. The minimum atomic E-state index is 0.395. The van der Waals surface area contributed by atoms with Crippen molar-refractivity contribution < 1.29 is 4.74 Å². The Kier molecular flexibility index (Phi) is 7.96. The van der Waals surface area contributed by atoms with Crippen molar-refractivity contribution in [1.82, 2.24) is 24.8 Å². The van der Waals surface area contributed by atoms with Crippen molar-refractivity contribution in [2.45, 2.75) is 38.3 Å². The van der Waals surface area contributed by atoms with Crippen molar-refractivity contribution in [3.05, 3.63) is 35.5 Å². The number of hydrogen-bond donors (Lipinski definition) is 2. The summed E-state index contributed by atoms with van der Waals surface area (Å²) >= 11 is 6.57. The highest BCUT2D eigenvalue weighted by Crippen LogP contribution is 2.32. The number of ether oxygens (including phenoxy) is 1. The summed E-state index contributed by atoms with van der Waals surface area (Å²) in [6, 6.07) is 9.58. The number of piperazine rings is 1. The number of piperidine rings is 1. The van der Waals surface area contributed by atoms with Crippen LogP contribution in [-0.2, 0) is 4.74 Å². The van der Waals surface area contributed by atoms with E-state index in [9.17, 15) is 0 Å². The lowest BCUT2D eigenvalue weighted by Crippen LogP contribution is -2.52. The van der Waals surface area contributed by atoms with Crippen LogP contribution in [0.3, 0.4) is 0 Å². The molecule has 2 aliphatic rings. The Morgan fingerprint density at radius 2 is 1.92 bits per heavy atom. The van der Waals surface area contributed by atoms with Gasteiger partial charge in [-0.2, -0.15) is 0 Å². The monoisotopic (exact) mass is 511 g/mol. The van der Waals surface area contributed by atoms with Crippen LogP contribution in [0.4, 0.5) is 11.4 Å². The van der Waals surface area contributed by atoms with E-state index < -0.39 is 0 Å². The quantitative estimate of drug-likeness (QED) is 0.436. The number of aromatic amines is 1. The summed E-state index contributed by atoms with van der Waals surface area (Å²) in [6.07, 6.45) is 4.98. The molecule has 9 heteroatoms. The molecule has 194 valence electrons. The van der Waals surface area contributed by atoms with Gasteiger partial charge >= 0.3 is 0 Å². The van der Waals surface area contributed by atoms with Crippen LogP contribution in [0.1, 0.15) is 26.2 Å². The van der Waals surface area contributed by atoms with Gasteiger partial charge in [-0.25, -0.2) is 9.97 Å². The fourth-order valence-corrected chi connectivity index (χ4v) is 5.62. The summed E-state index contributed by atoms with van der Waals surface area (Å²) in [7, 11) is 3.94. The number of pyridine rings is 1. The molecule has 0 saturated carbocycles. The summed E-state index contributed by atoms with van der Waals surface area (Å²) < 4.78 is 5.21. The van der Waals surface area contributed by atoms with Crippen LogP contribution in [0.2, 0.25) is 5.02 Å². The third-order valence-electron chi connectivity index (χ3n) is 7.54. The van der Waals surface area contributed by atoms with Gasteiger partial charge < -0.3 is 24.8 Å². The highest BCUT2D eigenvalue weighted by Gasteiger charge is 2.24. The van der Waals surface area contributed by atoms with Crippen LogP contribution >= 0.6 is 11.6 Å².